The molecule has 5 nitrogen and oxygen atoms in total. The van der Waals surface area contributed by atoms with Crippen molar-refractivity contribution >= 4 is 27.9 Å². The first-order valence-corrected chi connectivity index (χ1v) is 8.26. The lowest BCUT2D eigenvalue weighted by atomic mass is 10.1. The number of rotatable bonds is 3. The third kappa shape index (κ3) is 2.61. The van der Waals surface area contributed by atoms with E-state index < -0.39 is 12.2 Å². The van der Waals surface area contributed by atoms with Gasteiger partial charge in [0.15, 0.2) is 0 Å². The summed E-state index contributed by atoms with van der Waals surface area (Å²) >= 11 is 0. The number of nitriles is 1. The van der Waals surface area contributed by atoms with E-state index in [0.717, 1.165) is 27.4 Å². The van der Waals surface area contributed by atoms with Crippen LogP contribution in [0.25, 0.3) is 27.9 Å². The van der Waals surface area contributed by atoms with E-state index in [-0.39, 0.29) is 12.8 Å². The number of aromatic nitrogens is 1. The van der Waals surface area contributed by atoms with Gasteiger partial charge in [0.2, 0.25) is 0 Å². The summed E-state index contributed by atoms with van der Waals surface area (Å²) in [7, 11) is 0. The third-order valence-corrected chi connectivity index (χ3v) is 4.76. The molecule has 126 valence electrons. The molecular formula is C20H18N2O3. The molecule has 2 aromatic carbocycles. The van der Waals surface area contributed by atoms with Crippen LogP contribution in [0.4, 0.5) is 0 Å². The van der Waals surface area contributed by atoms with Crippen LogP contribution in [-0.2, 0) is 4.74 Å². The second kappa shape index (κ2) is 6.34. The smallest absolute Gasteiger partial charge is 0.137 e. The van der Waals surface area contributed by atoms with Gasteiger partial charge in [0, 0.05) is 23.3 Å². The fraction of sp³-hybridized carbons (Fsp3) is 0.250. The maximum atomic E-state index is 10.1. The second-order valence-electron chi connectivity index (χ2n) is 6.24. The maximum Gasteiger partial charge on any atom is 0.137 e. The SMILES string of the molecule is N#C/C=C/c1ccc2c(c1)c1ccccc1n2[C@H]1C[C@@H](O)[C@@H](CO)O1. The Morgan fingerprint density at radius 3 is 2.76 bits per heavy atom. The lowest BCUT2D eigenvalue weighted by Crippen LogP contribution is -2.24. The first-order valence-electron chi connectivity index (χ1n) is 8.26. The Morgan fingerprint density at radius 2 is 2.00 bits per heavy atom. The predicted molar refractivity (Wildman–Crippen MR) is 95.7 cm³/mol. The van der Waals surface area contributed by atoms with E-state index in [1.807, 2.05) is 36.4 Å². The van der Waals surface area contributed by atoms with Gasteiger partial charge in [-0.2, -0.15) is 5.26 Å². The highest BCUT2D eigenvalue weighted by atomic mass is 16.5. The summed E-state index contributed by atoms with van der Waals surface area (Å²) < 4.78 is 7.97. The lowest BCUT2D eigenvalue weighted by Gasteiger charge is -2.16. The molecule has 1 fully saturated rings. The zero-order chi connectivity index (χ0) is 17.4. The molecule has 4 rings (SSSR count). The predicted octanol–water partition coefficient (Wildman–Crippen LogP) is 2.97. The standard InChI is InChI=1S/C20H18N2O3/c21-9-3-4-13-7-8-17-15(10-13)14-5-1-2-6-16(14)22(17)20-11-18(24)19(12-23)25-20/h1-8,10,18-20,23-24H,11-12H2/b4-3+/t18-,19-,20-/m1/s1. The number of aliphatic hydroxyl groups is 2. The normalized spacial score (nSPS) is 23.6. The molecule has 3 aromatic rings. The average Bonchev–Trinajstić information content (AvgIpc) is 3.17. The van der Waals surface area contributed by atoms with E-state index >= 15 is 0 Å². The van der Waals surface area contributed by atoms with Gasteiger partial charge in [-0.25, -0.2) is 0 Å². The zero-order valence-electron chi connectivity index (χ0n) is 13.5. The molecule has 1 aliphatic heterocycles. The molecule has 0 bridgehead atoms. The summed E-state index contributed by atoms with van der Waals surface area (Å²) in [4.78, 5) is 0. The number of nitrogens with zero attached hydrogens (tertiary/aromatic N) is 2. The number of hydrogen-bond acceptors (Lipinski definition) is 4. The number of hydrogen-bond donors (Lipinski definition) is 2. The molecule has 1 saturated heterocycles. The Labute approximate surface area is 145 Å². The van der Waals surface area contributed by atoms with Crippen LogP contribution in [-0.4, -0.2) is 33.6 Å². The molecule has 2 heterocycles. The van der Waals surface area contributed by atoms with Crippen molar-refractivity contribution in [2.45, 2.75) is 24.9 Å². The van der Waals surface area contributed by atoms with E-state index in [0.29, 0.717) is 6.42 Å². The Bertz CT molecular complexity index is 999. The van der Waals surface area contributed by atoms with E-state index in [9.17, 15) is 10.2 Å². The number of fused-ring (bicyclic) bond motifs is 3. The number of ether oxygens (including phenoxy) is 1. The van der Waals surface area contributed by atoms with Crippen LogP contribution in [0.15, 0.2) is 48.5 Å². The van der Waals surface area contributed by atoms with E-state index in [1.165, 1.54) is 6.08 Å². The van der Waals surface area contributed by atoms with Crippen LogP contribution < -0.4 is 0 Å². The van der Waals surface area contributed by atoms with Crippen molar-refractivity contribution in [3.63, 3.8) is 0 Å². The molecule has 3 atom stereocenters. The Balaban J connectivity index is 1.91. The quantitative estimate of drug-likeness (QED) is 0.722. The Morgan fingerprint density at radius 1 is 1.20 bits per heavy atom. The number of aliphatic hydroxyl groups excluding tert-OH is 2. The maximum absolute atomic E-state index is 10.1. The van der Waals surface area contributed by atoms with Gasteiger partial charge < -0.3 is 19.5 Å². The van der Waals surface area contributed by atoms with Crippen molar-refractivity contribution in [3.8, 4) is 6.07 Å². The molecule has 1 aliphatic rings. The molecule has 5 heteroatoms. The molecule has 1 aromatic heterocycles. The first kappa shape index (κ1) is 15.9. The molecular weight excluding hydrogens is 316 g/mol. The van der Waals surface area contributed by atoms with E-state index in [2.05, 4.69) is 16.7 Å². The van der Waals surface area contributed by atoms with E-state index in [4.69, 9.17) is 10.00 Å². The number of benzene rings is 2. The van der Waals surface area contributed by atoms with Crippen LogP contribution >= 0.6 is 0 Å². The summed E-state index contributed by atoms with van der Waals surface area (Å²) in [6, 6.07) is 16.1. The fourth-order valence-corrected chi connectivity index (χ4v) is 3.61. The van der Waals surface area contributed by atoms with Gasteiger partial charge in [0.25, 0.3) is 0 Å². The Hall–Kier alpha value is -2.65. The van der Waals surface area contributed by atoms with Gasteiger partial charge in [0.05, 0.1) is 29.8 Å². The summed E-state index contributed by atoms with van der Waals surface area (Å²) in [5.41, 5.74) is 2.98. The highest BCUT2D eigenvalue weighted by Gasteiger charge is 2.35. The van der Waals surface area contributed by atoms with Crippen LogP contribution in [0.1, 0.15) is 18.2 Å². The topological polar surface area (TPSA) is 78.4 Å². The fourth-order valence-electron chi connectivity index (χ4n) is 3.61. The van der Waals surface area contributed by atoms with Gasteiger partial charge in [-0.15, -0.1) is 0 Å². The second-order valence-corrected chi connectivity index (χ2v) is 6.24. The van der Waals surface area contributed by atoms with Gasteiger partial charge in [-0.3, -0.25) is 0 Å². The van der Waals surface area contributed by atoms with Crippen LogP contribution in [0.2, 0.25) is 0 Å². The average molecular weight is 334 g/mol. The van der Waals surface area contributed by atoms with Crippen molar-refractivity contribution in [1.29, 1.82) is 5.26 Å². The number of allylic oxidation sites excluding steroid dienone is 1. The highest BCUT2D eigenvalue weighted by Crippen LogP contribution is 2.38. The molecule has 0 spiro atoms. The third-order valence-electron chi connectivity index (χ3n) is 4.76. The Kier molecular flexibility index (Phi) is 4.02. The van der Waals surface area contributed by atoms with Crippen LogP contribution in [0, 0.1) is 11.3 Å². The summed E-state index contributed by atoms with van der Waals surface area (Å²) in [6.45, 7) is -0.197. The minimum Gasteiger partial charge on any atom is -0.394 e. The zero-order valence-corrected chi connectivity index (χ0v) is 13.5. The van der Waals surface area contributed by atoms with Crippen molar-refractivity contribution < 1.29 is 14.9 Å². The monoisotopic (exact) mass is 334 g/mol. The first-order chi connectivity index (χ1) is 12.2. The van der Waals surface area contributed by atoms with Gasteiger partial charge >= 0.3 is 0 Å². The largest absolute Gasteiger partial charge is 0.394 e. The molecule has 0 unspecified atom stereocenters. The van der Waals surface area contributed by atoms with Gasteiger partial charge in [0.1, 0.15) is 12.3 Å². The van der Waals surface area contributed by atoms with Crippen molar-refractivity contribution in [3.05, 3.63) is 54.1 Å². The molecule has 25 heavy (non-hydrogen) atoms. The molecule has 0 saturated carbocycles. The van der Waals surface area contributed by atoms with Crippen molar-refractivity contribution in [2.75, 3.05) is 6.61 Å². The number of para-hydroxylation sites is 1. The minimum absolute atomic E-state index is 0.197. The van der Waals surface area contributed by atoms with Crippen molar-refractivity contribution in [2.24, 2.45) is 0 Å². The minimum atomic E-state index is -0.677. The van der Waals surface area contributed by atoms with Crippen LogP contribution in [0.3, 0.4) is 0 Å². The summed E-state index contributed by atoms with van der Waals surface area (Å²) in [5.74, 6) is 0. The molecule has 0 radical (unpaired) electrons. The highest BCUT2D eigenvalue weighted by molar-refractivity contribution is 6.08. The van der Waals surface area contributed by atoms with Crippen molar-refractivity contribution in [1.82, 2.24) is 4.57 Å². The van der Waals surface area contributed by atoms with Gasteiger partial charge in [-0.1, -0.05) is 24.3 Å². The molecule has 0 amide bonds. The molecule has 0 aliphatic carbocycles. The van der Waals surface area contributed by atoms with E-state index in [1.54, 1.807) is 6.08 Å². The van der Waals surface area contributed by atoms with Gasteiger partial charge in [-0.05, 0) is 29.8 Å². The summed E-state index contributed by atoms with van der Waals surface area (Å²) in [5, 5.41) is 30.4. The summed E-state index contributed by atoms with van der Waals surface area (Å²) in [6.07, 6.45) is 2.12. The van der Waals surface area contributed by atoms with Crippen LogP contribution in [0.5, 0.6) is 0 Å². The molecule has 2 N–H and O–H groups in total. The lowest BCUT2D eigenvalue weighted by molar-refractivity contribution is -0.0416.